The highest BCUT2D eigenvalue weighted by molar-refractivity contribution is 7.14. The maximum atomic E-state index is 12.7. The van der Waals surface area contributed by atoms with Crippen LogP contribution in [-0.2, 0) is 9.59 Å². The van der Waals surface area contributed by atoms with E-state index in [9.17, 15) is 14.7 Å². The number of nitrogens with zero attached hydrogens (tertiary/aromatic N) is 1. The average Bonchev–Trinajstić information content (AvgIpc) is 3.29. The second-order valence-electron chi connectivity index (χ2n) is 6.47. The molecule has 1 aromatic carbocycles. The molecule has 134 valence electrons. The van der Waals surface area contributed by atoms with Crippen molar-refractivity contribution in [2.24, 2.45) is 23.7 Å². The smallest absolute Gasteiger partial charge is 0.230 e. The van der Waals surface area contributed by atoms with Gasteiger partial charge >= 0.3 is 0 Å². The van der Waals surface area contributed by atoms with E-state index in [4.69, 9.17) is 23.2 Å². The minimum absolute atomic E-state index is 0.0620. The Balaban J connectivity index is 1.53. The Kier molecular flexibility index (Phi) is 4.50. The molecule has 2 bridgehead atoms. The fraction of sp³-hybridized carbons (Fsp3) is 0.278. The highest BCUT2D eigenvalue weighted by Crippen LogP contribution is 2.48. The van der Waals surface area contributed by atoms with E-state index in [1.807, 2.05) is 12.2 Å². The van der Waals surface area contributed by atoms with Crippen LogP contribution in [0.15, 0.2) is 35.7 Å². The monoisotopic (exact) mass is 407 g/mol. The lowest BCUT2D eigenvalue weighted by Crippen LogP contribution is -2.42. The van der Waals surface area contributed by atoms with Crippen LogP contribution in [0.2, 0.25) is 10.0 Å². The van der Waals surface area contributed by atoms with Crippen molar-refractivity contribution in [2.45, 2.75) is 6.42 Å². The van der Waals surface area contributed by atoms with Crippen LogP contribution >= 0.6 is 34.5 Å². The third-order valence-electron chi connectivity index (χ3n) is 4.98. The number of hydrogen-bond donors (Lipinski definition) is 1. The van der Waals surface area contributed by atoms with Gasteiger partial charge in [0.2, 0.25) is 5.91 Å². The number of halogens is 2. The van der Waals surface area contributed by atoms with Crippen LogP contribution in [0.1, 0.15) is 6.42 Å². The van der Waals surface area contributed by atoms with Gasteiger partial charge in [-0.2, -0.15) is 0 Å². The van der Waals surface area contributed by atoms with Crippen molar-refractivity contribution in [3.8, 4) is 11.3 Å². The largest absolute Gasteiger partial charge is 0.550 e. The summed E-state index contributed by atoms with van der Waals surface area (Å²) in [5.41, 5.74) is 1.33. The number of aliphatic carboxylic acids is 1. The standard InChI is InChI=1S/C18H14Cl2N2O3S/c19-10-3-4-11(12(20)6-10)13-7-26-18(21-13)22-16(23)14-8-1-2-9(5-8)15(14)17(24)25/h1-4,6-9,14-15H,5H2,(H,24,25)(H,21,22,23)/p-1/t8-,9+,14+,15-/m0/s1. The van der Waals surface area contributed by atoms with Gasteiger partial charge in [0, 0.05) is 27.9 Å². The fourth-order valence-electron chi connectivity index (χ4n) is 3.84. The second kappa shape index (κ2) is 6.68. The number of benzene rings is 1. The molecular weight excluding hydrogens is 395 g/mol. The molecule has 0 radical (unpaired) electrons. The van der Waals surface area contributed by atoms with E-state index in [2.05, 4.69) is 10.3 Å². The van der Waals surface area contributed by atoms with E-state index >= 15 is 0 Å². The number of amides is 1. The molecule has 1 N–H and O–H groups in total. The molecule has 2 aliphatic carbocycles. The van der Waals surface area contributed by atoms with E-state index in [1.54, 1.807) is 23.6 Å². The summed E-state index contributed by atoms with van der Waals surface area (Å²) < 4.78 is 0. The number of thiazole rings is 1. The number of carboxylic acid groups (broad SMARTS) is 1. The molecule has 8 heteroatoms. The number of carbonyl (C=O) groups is 2. The molecule has 4 rings (SSSR count). The number of nitrogens with one attached hydrogen (secondary N) is 1. The van der Waals surface area contributed by atoms with Gasteiger partial charge in [-0.3, -0.25) is 4.79 Å². The first-order valence-corrected chi connectivity index (χ1v) is 9.68. The first-order chi connectivity index (χ1) is 12.4. The Morgan fingerprint density at radius 3 is 2.62 bits per heavy atom. The predicted molar refractivity (Wildman–Crippen MR) is 98.9 cm³/mol. The number of rotatable bonds is 4. The van der Waals surface area contributed by atoms with Crippen molar-refractivity contribution in [3.63, 3.8) is 0 Å². The van der Waals surface area contributed by atoms with Gasteiger partial charge < -0.3 is 15.2 Å². The second-order valence-corrected chi connectivity index (χ2v) is 8.17. The Labute approximate surface area is 163 Å². The molecule has 2 aliphatic rings. The summed E-state index contributed by atoms with van der Waals surface area (Å²) in [5.74, 6) is -3.10. The van der Waals surface area contributed by atoms with Gasteiger partial charge in [-0.25, -0.2) is 4.98 Å². The van der Waals surface area contributed by atoms with Crippen molar-refractivity contribution < 1.29 is 14.7 Å². The molecule has 0 unspecified atom stereocenters. The molecule has 0 spiro atoms. The van der Waals surface area contributed by atoms with Gasteiger partial charge in [0.15, 0.2) is 5.13 Å². The SMILES string of the molecule is O=C([O-])[C@@H]1[C@H](C(=O)Nc2nc(-c3ccc(Cl)cc3Cl)cs2)[C@H]2C=C[C@@H]1C2. The lowest BCUT2D eigenvalue weighted by atomic mass is 9.82. The summed E-state index contributed by atoms with van der Waals surface area (Å²) in [4.78, 5) is 28.5. The number of allylic oxidation sites excluding steroid dienone is 2. The van der Waals surface area contributed by atoms with Crippen molar-refractivity contribution in [3.05, 3.63) is 45.8 Å². The number of hydrogen-bond acceptors (Lipinski definition) is 5. The van der Waals surface area contributed by atoms with E-state index < -0.39 is 17.8 Å². The number of carboxylic acids is 1. The lowest BCUT2D eigenvalue weighted by Gasteiger charge is -2.27. The molecule has 1 fully saturated rings. The number of carbonyl (C=O) groups excluding carboxylic acids is 2. The zero-order valence-electron chi connectivity index (χ0n) is 13.3. The molecule has 4 atom stereocenters. The Bertz CT molecular complexity index is 927. The molecule has 1 amide bonds. The van der Waals surface area contributed by atoms with E-state index in [0.29, 0.717) is 32.9 Å². The molecule has 26 heavy (non-hydrogen) atoms. The van der Waals surface area contributed by atoms with Crippen LogP contribution in [0.4, 0.5) is 5.13 Å². The zero-order chi connectivity index (χ0) is 18.4. The molecule has 1 aromatic heterocycles. The predicted octanol–water partition coefficient (Wildman–Crippen LogP) is 3.24. The molecule has 0 aliphatic heterocycles. The highest BCUT2D eigenvalue weighted by Gasteiger charge is 2.48. The van der Waals surface area contributed by atoms with Crippen molar-refractivity contribution in [1.29, 1.82) is 0 Å². The van der Waals surface area contributed by atoms with E-state index in [-0.39, 0.29) is 17.7 Å². The maximum absolute atomic E-state index is 12.7. The lowest BCUT2D eigenvalue weighted by molar-refractivity contribution is -0.313. The van der Waals surface area contributed by atoms with Crippen LogP contribution in [0, 0.1) is 23.7 Å². The quantitative estimate of drug-likeness (QED) is 0.788. The van der Waals surface area contributed by atoms with Gasteiger partial charge in [0.25, 0.3) is 0 Å². The molecular formula is C18H13Cl2N2O3S-. The minimum Gasteiger partial charge on any atom is -0.550 e. The summed E-state index contributed by atoms with van der Waals surface area (Å²) in [5, 5.41) is 17.4. The first kappa shape index (κ1) is 17.5. The van der Waals surface area contributed by atoms with Crippen molar-refractivity contribution in [2.75, 3.05) is 5.32 Å². The van der Waals surface area contributed by atoms with Crippen LogP contribution in [-0.4, -0.2) is 16.9 Å². The van der Waals surface area contributed by atoms with Crippen molar-refractivity contribution >= 4 is 51.5 Å². The number of anilines is 1. The minimum atomic E-state index is -1.17. The maximum Gasteiger partial charge on any atom is 0.230 e. The molecule has 0 saturated heterocycles. The molecule has 1 heterocycles. The van der Waals surface area contributed by atoms with Crippen LogP contribution < -0.4 is 10.4 Å². The van der Waals surface area contributed by atoms with Gasteiger partial charge in [0.1, 0.15) is 0 Å². The highest BCUT2D eigenvalue weighted by atomic mass is 35.5. The molecule has 1 saturated carbocycles. The molecule has 5 nitrogen and oxygen atoms in total. The normalized spacial score (nSPS) is 26.2. The summed E-state index contributed by atoms with van der Waals surface area (Å²) >= 11 is 13.4. The van der Waals surface area contributed by atoms with Gasteiger partial charge in [0.05, 0.1) is 16.6 Å². The van der Waals surface area contributed by atoms with E-state index in [1.165, 1.54) is 11.3 Å². The van der Waals surface area contributed by atoms with Gasteiger partial charge in [-0.15, -0.1) is 11.3 Å². The van der Waals surface area contributed by atoms with Crippen molar-refractivity contribution in [1.82, 2.24) is 4.98 Å². The average molecular weight is 408 g/mol. The molecule has 2 aromatic rings. The third kappa shape index (κ3) is 3.02. The summed E-state index contributed by atoms with van der Waals surface area (Å²) in [7, 11) is 0. The van der Waals surface area contributed by atoms with Crippen LogP contribution in [0.3, 0.4) is 0 Å². The number of aromatic nitrogens is 1. The summed E-state index contributed by atoms with van der Waals surface area (Å²) in [6, 6.07) is 5.10. The van der Waals surface area contributed by atoms with Crippen LogP contribution in [0.5, 0.6) is 0 Å². The Hall–Kier alpha value is -1.89. The zero-order valence-corrected chi connectivity index (χ0v) is 15.6. The summed E-state index contributed by atoms with van der Waals surface area (Å²) in [6.07, 6.45) is 4.48. The Morgan fingerprint density at radius 2 is 1.92 bits per heavy atom. The Morgan fingerprint density at radius 1 is 1.19 bits per heavy atom. The topological polar surface area (TPSA) is 82.1 Å². The number of fused-ring (bicyclic) bond motifs is 2. The third-order valence-corrected chi connectivity index (χ3v) is 6.28. The summed E-state index contributed by atoms with van der Waals surface area (Å²) in [6.45, 7) is 0. The van der Waals surface area contributed by atoms with Gasteiger partial charge in [-0.1, -0.05) is 35.4 Å². The van der Waals surface area contributed by atoms with E-state index in [0.717, 1.165) is 0 Å². The first-order valence-electron chi connectivity index (χ1n) is 8.05. The van der Waals surface area contributed by atoms with Crippen LogP contribution in [0.25, 0.3) is 11.3 Å². The fourth-order valence-corrected chi connectivity index (χ4v) is 5.06. The van der Waals surface area contributed by atoms with Gasteiger partial charge in [-0.05, 0) is 36.5 Å².